The van der Waals surface area contributed by atoms with Crippen LogP contribution < -0.4 is 5.73 Å². The molecule has 5 nitrogen and oxygen atoms in total. The highest BCUT2D eigenvalue weighted by Gasteiger charge is 2.16. The molecule has 0 bridgehead atoms. The van der Waals surface area contributed by atoms with Gasteiger partial charge in [0.2, 0.25) is 0 Å². The Balaban J connectivity index is 2.12. The molecule has 0 spiro atoms. The monoisotopic (exact) mass is 279 g/mol. The summed E-state index contributed by atoms with van der Waals surface area (Å²) in [4.78, 5) is 4.01. The molecule has 5 heteroatoms. The van der Waals surface area contributed by atoms with Crippen molar-refractivity contribution in [1.82, 2.24) is 20.0 Å². The van der Waals surface area contributed by atoms with Gasteiger partial charge in [-0.2, -0.15) is 4.68 Å². The minimum Gasteiger partial charge on any atom is -0.382 e. The average Bonchev–Trinajstić information content (AvgIpc) is 2.89. The quantitative estimate of drug-likeness (QED) is 0.800. The number of pyridine rings is 1. The molecule has 0 fully saturated rings. The van der Waals surface area contributed by atoms with Gasteiger partial charge in [0.05, 0.1) is 5.69 Å². The van der Waals surface area contributed by atoms with Gasteiger partial charge in [0.1, 0.15) is 5.69 Å². The maximum atomic E-state index is 6.25. The lowest BCUT2D eigenvalue weighted by Crippen LogP contribution is -2.06. The minimum atomic E-state index is 0.383. The second-order valence-corrected chi connectivity index (χ2v) is 5.18. The Kier molecular flexibility index (Phi) is 3.39. The molecule has 1 aromatic carbocycles. The zero-order valence-electron chi connectivity index (χ0n) is 12.1. The van der Waals surface area contributed by atoms with Gasteiger partial charge >= 0.3 is 0 Å². The van der Waals surface area contributed by atoms with E-state index in [1.54, 1.807) is 17.1 Å². The summed E-state index contributed by atoms with van der Waals surface area (Å²) in [6, 6.07) is 11.9. The Morgan fingerprint density at radius 3 is 2.48 bits per heavy atom. The average molecular weight is 279 g/mol. The Labute approximate surface area is 123 Å². The number of aromatic nitrogens is 4. The fourth-order valence-corrected chi connectivity index (χ4v) is 2.35. The molecule has 106 valence electrons. The van der Waals surface area contributed by atoms with E-state index >= 15 is 0 Å². The van der Waals surface area contributed by atoms with Crippen LogP contribution in [-0.4, -0.2) is 20.0 Å². The summed E-state index contributed by atoms with van der Waals surface area (Å²) in [5.74, 6) is 0.920. The maximum Gasteiger partial charge on any atom is 0.155 e. The highest BCUT2D eigenvalue weighted by atomic mass is 15.5. The number of nitrogens with zero attached hydrogens (tertiary/aromatic N) is 4. The number of hydrogen-bond acceptors (Lipinski definition) is 4. The van der Waals surface area contributed by atoms with Crippen LogP contribution in [0.25, 0.3) is 16.9 Å². The second kappa shape index (κ2) is 5.36. The SMILES string of the molecule is CC(C)c1ccccc1-n1nnc(-c2ccncc2)c1N. The van der Waals surface area contributed by atoms with E-state index in [4.69, 9.17) is 5.73 Å². The lowest BCUT2D eigenvalue weighted by atomic mass is 10.0. The van der Waals surface area contributed by atoms with E-state index in [0.29, 0.717) is 17.4 Å². The first-order valence-corrected chi connectivity index (χ1v) is 6.89. The summed E-state index contributed by atoms with van der Waals surface area (Å²) in [6.45, 7) is 4.30. The zero-order chi connectivity index (χ0) is 14.8. The van der Waals surface area contributed by atoms with Crippen molar-refractivity contribution >= 4 is 5.82 Å². The van der Waals surface area contributed by atoms with Crippen LogP contribution >= 0.6 is 0 Å². The first-order chi connectivity index (χ1) is 10.2. The molecular formula is C16H17N5. The van der Waals surface area contributed by atoms with E-state index in [0.717, 1.165) is 11.3 Å². The third-order valence-electron chi connectivity index (χ3n) is 3.45. The predicted octanol–water partition coefficient (Wildman–Crippen LogP) is 3.03. The fourth-order valence-electron chi connectivity index (χ4n) is 2.35. The van der Waals surface area contributed by atoms with Crippen LogP contribution in [0.2, 0.25) is 0 Å². The van der Waals surface area contributed by atoms with E-state index in [-0.39, 0.29) is 0 Å². The van der Waals surface area contributed by atoms with Gasteiger partial charge in [-0.25, -0.2) is 0 Å². The van der Waals surface area contributed by atoms with Crippen LogP contribution in [0.15, 0.2) is 48.8 Å². The topological polar surface area (TPSA) is 69.6 Å². The third kappa shape index (κ3) is 2.38. The second-order valence-electron chi connectivity index (χ2n) is 5.18. The minimum absolute atomic E-state index is 0.383. The van der Waals surface area contributed by atoms with E-state index in [1.165, 1.54) is 5.56 Å². The normalized spacial score (nSPS) is 11.0. The molecule has 3 aromatic rings. The van der Waals surface area contributed by atoms with Crippen molar-refractivity contribution in [2.75, 3.05) is 5.73 Å². The molecule has 0 atom stereocenters. The van der Waals surface area contributed by atoms with Crippen molar-refractivity contribution in [2.45, 2.75) is 19.8 Å². The van der Waals surface area contributed by atoms with Crippen molar-refractivity contribution in [3.8, 4) is 16.9 Å². The van der Waals surface area contributed by atoms with Gasteiger partial charge in [-0.3, -0.25) is 4.98 Å². The summed E-state index contributed by atoms with van der Waals surface area (Å²) >= 11 is 0. The van der Waals surface area contributed by atoms with E-state index < -0.39 is 0 Å². The standard InChI is InChI=1S/C16H17N5/c1-11(2)13-5-3-4-6-14(13)21-16(17)15(19-20-21)12-7-9-18-10-8-12/h3-11H,17H2,1-2H3. The molecule has 0 saturated heterocycles. The fraction of sp³-hybridized carbons (Fsp3) is 0.188. The molecule has 2 heterocycles. The van der Waals surface area contributed by atoms with Crippen LogP contribution in [0.3, 0.4) is 0 Å². The predicted molar refractivity (Wildman–Crippen MR) is 83.1 cm³/mol. The van der Waals surface area contributed by atoms with E-state index in [9.17, 15) is 0 Å². The van der Waals surface area contributed by atoms with Crippen LogP contribution in [0.1, 0.15) is 25.3 Å². The first-order valence-electron chi connectivity index (χ1n) is 6.89. The number of para-hydroxylation sites is 1. The van der Waals surface area contributed by atoms with Gasteiger partial charge < -0.3 is 5.73 Å². The molecule has 2 N–H and O–H groups in total. The molecule has 2 aromatic heterocycles. The van der Waals surface area contributed by atoms with Gasteiger partial charge in [0.15, 0.2) is 5.82 Å². The molecule has 0 amide bonds. The number of nitrogen functional groups attached to an aromatic ring is 1. The Bertz CT molecular complexity index is 746. The van der Waals surface area contributed by atoms with Crippen molar-refractivity contribution < 1.29 is 0 Å². The van der Waals surface area contributed by atoms with Crippen molar-refractivity contribution in [3.05, 3.63) is 54.4 Å². The van der Waals surface area contributed by atoms with E-state index in [1.807, 2.05) is 30.3 Å². The Hall–Kier alpha value is -2.69. The van der Waals surface area contributed by atoms with Crippen molar-refractivity contribution in [2.24, 2.45) is 0 Å². The smallest absolute Gasteiger partial charge is 0.155 e. The lowest BCUT2D eigenvalue weighted by molar-refractivity contribution is 0.776. The molecule has 0 radical (unpaired) electrons. The van der Waals surface area contributed by atoms with Crippen LogP contribution in [0, 0.1) is 0 Å². The highest BCUT2D eigenvalue weighted by molar-refractivity contribution is 5.70. The van der Waals surface area contributed by atoms with Crippen molar-refractivity contribution in [1.29, 1.82) is 0 Å². The summed E-state index contributed by atoms with van der Waals surface area (Å²) in [5.41, 5.74) is 10.0. The van der Waals surface area contributed by atoms with E-state index in [2.05, 4.69) is 35.2 Å². The Morgan fingerprint density at radius 1 is 1.05 bits per heavy atom. The molecule has 0 saturated carbocycles. The zero-order valence-corrected chi connectivity index (χ0v) is 12.1. The number of nitrogens with two attached hydrogens (primary N) is 1. The van der Waals surface area contributed by atoms with Gasteiger partial charge in [0.25, 0.3) is 0 Å². The van der Waals surface area contributed by atoms with Crippen molar-refractivity contribution in [3.63, 3.8) is 0 Å². The lowest BCUT2D eigenvalue weighted by Gasteiger charge is -2.12. The van der Waals surface area contributed by atoms with Crippen LogP contribution in [0.5, 0.6) is 0 Å². The number of benzene rings is 1. The maximum absolute atomic E-state index is 6.25. The first kappa shape index (κ1) is 13.3. The van der Waals surface area contributed by atoms with Gasteiger partial charge in [-0.1, -0.05) is 37.3 Å². The molecule has 0 aliphatic carbocycles. The summed E-state index contributed by atoms with van der Waals surface area (Å²) in [6.07, 6.45) is 3.44. The summed E-state index contributed by atoms with van der Waals surface area (Å²) < 4.78 is 1.70. The molecule has 0 aliphatic heterocycles. The molecule has 21 heavy (non-hydrogen) atoms. The molecule has 0 aliphatic rings. The van der Waals surface area contributed by atoms with Gasteiger partial charge in [0, 0.05) is 18.0 Å². The third-order valence-corrected chi connectivity index (χ3v) is 3.45. The van der Waals surface area contributed by atoms with Gasteiger partial charge in [-0.05, 0) is 29.7 Å². The summed E-state index contributed by atoms with van der Waals surface area (Å²) in [5, 5.41) is 8.45. The molecular weight excluding hydrogens is 262 g/mol. The largest absolute Gasteiger partial charge is 0.382 e. The highest BCUT2D eigenvalue weighted by Crippen LogP contribution is 2.28. The number of rotatable bonds is 3. The molecule has 3 rings (SSSR count). The number of anilines is 1. The number of hydrogen-bond donors (Lipinski definition) is 1. The Morgan fingerprint density at radius 2 is 1.76 bits per heavy atom. The van der Waals surface area contributed by atoms with Crippen LogP contribution in [0.4, 0.5) is 5.82 Å². The van der Waals surface area contributed by atoms with Gasteiger partial charge in [-0.15, -0.1) is 5.10 Å². The molecule has 0 unspecified atom stereocenters. The van der Waals surface area contributed by atoms with Crippen LogP contribution in [-0.2, 0) is 0 Å². The summed E-state index contributed by atoms with van der Waals surface area (Å²) in [7, 11) is 0.